The van der Waals surface area contributed by atoms with E-state index in [0.29, 0.717) is 21.6 Å². The van der Waals surface area contributed by atoms with Crippen molar-refractivity contribution in [1.29, 1.82) is 0 Å². The summed E-state index contributed by atoms with van der Waals surface area (Å²) in [5.74, 6) is 0.107. The lowest BCUT2D eigenvalue weighted by molar-refractivity contribution is 0.00578. The third kappa shape index (κ3) is 5.65. The Morgan fingerprint density at radius 3 is 2.41 bits per heavy atom. The Morgan fingerprint density at radius 2 is 1.78 bits per heavy atom. The van der Waals surface area contributed by atoms with Crippen molar-refractivity contribution in [1.82, 2.24) is 5.32 Å². The molecule has 2 aromatic carbocycles. The largest absolute Gasteiger partial charge is 0.507 e. The number of hydrogen-bond donors (Lipinski definition) is 2. The van der Waals surface area contributed by atoms with Gasteiger partial charge in [0.15, 0.2) is 0 Å². The zero-order chi connectivity index (χ0) is 23.5. The Kier molecular flexibility index (Phi) is 7.23. The van der Waals surface area contributed by atoms with Crippen LogP contribution in [0.2, 0.25) is 5.02 Å². The van der Waals surface area contributed by atoms with Crippen LogP contribution < -0.4 is 5.32 Å². The molecule has 32 heavy (non-hydrogen) atoms. The fraction of sp³-hybridized carbons (Fsp3) is 0.375. The molecule has 2 N–H and O–H groups in total. The van der Waals surface area contributed by atoms with E-state index in [1.807, 2.05) is 58.0 Å². The summed E-state index contributed by atoms with van der Waals surface area (Å²) in [5.41, 5.74) is 1.56. The Balaban J connectivity index is 1.79. The highest BCUT2D eigenvalue weighted by Crippen LogP contribution is 2.39. The van der Waals surface area contributed by atoms with Gasteiger partial charge in [0.1, 0.15) is 12.4 Å². The molecule has 6 nitrogen and oxygen atoms in total. The maximum atomic E-state index is 12.3. The van der Waals surface area contributed by atoms with Crippen LogP contribution in [0.5, 0.6) is 5.75 Å². The highest BCUT2D eigenvalue weighted by molar-refractivity contribution is 6.56. The van der Waals surface area contributed by atoms with Gasteiger partial charge in [0.05, 0.1) is 11.2 Å². The van der Waals surface area contributed by atoms with Gasteiger partial charge >= 0.3 is 13.2 Å². The maximum absolute atomic E-state index is 12.3. The molecule has 0 saturated carbocycles. The monoisotopic (exact) mass is 457 g/mol. The molecule has 0 unspecified atom stereocenters. The van der Waals surface area contributed by atoms with Gasteiger partial charge in [-0.15, -0.1) is 0 Å². The molecule has 0 spiro atoms. The van der Waals surface area contributed by atoms with E-state index in [4.69, 9.17) is 25.6 Å². The standard InChI is InChI=1S/C24H29BClNO5/c1-16-11-20(26)13-18(21(16)28)12-19(25-31-23(2,3)24(4,5)32-25)14-27-22(29)30-15-17-9-7-6-8-10-17/h6-13,28H,14-15H2,1-5H3,(H,27,29). The number of amides is 1. The van der Waals surface area contributed by atoms with E-state index < -0.39 is 24.4 Å². The van der Waals surface area contributed by atoms with Crippen LogP contribution in [0.1, 0.15) is 44.4 Å². The molecule has 1 aliphatic rings. The Bertz CT molecular complexity index is 991. The van der Waals surface area contributed by atoms with E-state index in [1.165, 1.54) is 0 Å². The summed E-state index contributed by atoms with van der Waals surface area (Å²) in [5, 5.41) is 13.8. The van der Waals surface area contributed by atoms with Gasteiger partial charge in [0, 0.05) is 17.1 Å². The molecular formula is C24H29BClNO5. The molecule has 1 saturated heterocycles. The summed E-state index contributed by atoms with van der Waals surface area (Å²) in [6.45, 7) is 9.85. The molecular weight excluding hydrogens is 429 g/mol. The SMILES string of the molecule is Cc1cc(Cl)cc(C=C(CNC(=O)OCc2ccccc2)B2OC(C)(C)C(C)(C)O2)c1O. The van der Waals surface area contributed by atoms with Gasteiger partial charge in [-0.05, 0) is 63.4 Å². The number of halogens is 1. The Morgan fingerprint density at radius 1 is 1.16 bits per heavy atom. The number of benzene rings is 2. The minimum atomic E-state index is -0.715. The van der Waals surface area contributed by atoms with Gasteiger partial charge in [0.25, 0.3) is 0 Å². The van der Waals surface area contributed by atoms with Crippen molar-refractivity contribution in [2.45, 2.75) is 52.4 Å². The summed E-state index contributed by atoms with van der Waals surface area (Å²) >= 11 is 6.19. The van der Waals surface area contributed by atoms with Crippen LogP contribution in [0.3, 0.4) is 0 Å². The van der Waals surface area contributed by atoms with Crippen LogP contribution in [0.15, 0.2) is 47.9 Å². The van der Waals surface area contributed by atoms with E-state index in [0.717, 1.165) is 5.56 Å². The first kappa shape index (κ1) is 24.2. The summed E-state index contributed by atoms with van der Waals surface area (Å²) in [7, 11) is -0.715. The van der Waals surface area contributed by atoms with Crippen molar-refractivity contribution in [3.8, 4) is 5.75 Å². The van der Waals surface area contributed by atoms with Gasteiger partial charge in [0.2, 0.25) is 0 Å². The van der Waals surface area contributed by atoms with Crippen molar-refractivity contribution in [3.63, 3.8) is 0 Å². The smallest absolute Gasteiger partial charge is 0.492 e. The number of hydrogen-bond acceptors (Lipinski definition) is 5. The molecule has 170 valence electrons. The summed E-state index contributed by atoms with van der Waals surface area (Å²) < 4.78 is 17.6. The number of rotatable bonds is 6. The maximum Gasteiger partial charge on any atom is 0.492 e. The Labute approximate surface area is 194 Å². The van der Waals surface area contributed by atoms with E-state index in [9.17, 15) is 9.90 Å². The van der Waals surface area contributed by atoms with Crippen LogP contribution in [-0.2, 0) is 20.7 Å². The number of carbonyl (C=O) groups excluding carboxylic acids is 1. The van der Waals surface area contributed by atoms with Crippen molar-refractivity contribution in [3.05, 3.63) is 69.7 Å². The zero-order valence-electron chi connectivity index (χ0n) is 19.1. The molecule has 0 aliphatic carbocycles. The molecule has 1 amide bonds. The van der Waals surface area contributed by atoms with Crippen LogP contribution in [0.25, 0.3) is 6.08 Å². The van der Waals surface area contributed by atoms with Crippen molar-refractivity contribution < 1.29 is 23.9 Å². The fourth-order valence-electron chi connectivity index (χ4n) is 3.22. The minimum absolute atomic E-state index is 0.107. The van der Waals surface area contributed by atoms with Crippen molar-refractivity contribution >= 4 is 30.9 Å². The average molecular weight is 458 g/mol. The second kappa shape index (κ2) is 9.57. The number of phenols is 1. The summed E-state index contributed by atoms with van der Waals surface area (Å²) in [6, 6.07) is 12.8. The number of aromatic hydroxyl groups is 1. The molecule has 0 aromatic heterocycles. The van der Waals surface area contributed by atoms with E-state index >= 15 is 0 Å². The second-order valence-electron chi connectivity index (χ2n) is 8.88. The lowest BCUT2D eigenvalue weighted by Gasteiger charge is -2.32. The summed E-state index contributed by atoms with van der Waals surface area (Å²) in [4.78, 5) is 12.3. The third-order valence-electron chi connectivity index (χ3n) is 5.84. The van der Waals surface area contributed by atoms with Crippen LogP contribution in [-0.4, -0.2) is 36.1 Å². The lowest BCUT2D eigenvalue weighted by Crippen LogP contribution is -2.41. The predicted octanol–water partition coefficient (Wildman–Crippen LogP) is 5.30. The predicted molar refractivity (Wildman–Crippen MR) is 127 cm³/mol. The number of alkyl carbamates (subject to hydrolysis) is 1. The number of nitrogens with one attached hydrogen (secondary N) is 1. The average Bonchev–Trinajstić information content (AvgIpc) is 2.94. The molecule has 3 rings (SSSR count). The van der Waals surface area contributed by atoms with Crippen LogP contribution in [0, 0.1) is 6.92 Å². The molecule has 8 heteroatoms. The van der Waals surface area contributed by atoms with Gasteiger partial charge in [-0.3, -0.25) is 0 Å². The number of phenolic OH excluding ortho intramolecular Hbond substituents is 1. The van der Waals surface area contributed by atoms with E-state index in [1.54, 1.807) is 25.1 Å². The van der Waals surface area contributed by atoms with Crippen LogP contribution >= 0.6 is 11.6 Å². The van der Waals surface area contributed by atoms with Gasteiger partial charge < -0.3 is 24.5 Å². The molecule has 0 radical (unpaired) electrons. The molecule has 0 atom stereocenters. The number of carbonyl (C=O) groups is 1. The van der Waals surface area contributed by atoms with Gasteiger partial charge in [-0.25, -0.2) is 4.79 Å². The normalized spacial score (nSPS) is 17.3. The minimum Gasteiger partial charge on any atom is -0.507 e. The van der Waals surface area contributed by atoms with Crippen molar-refractivity contribution in [2.75, 3.05) is 6.54 Å². The molecule has 1 aliphatic heterocycles. The first-order chi connectivity index (χ1) is 15.0. The zero-order valence-corrected chi connectivity index (χ0v) is 19.8. The quantitative estimate of drug-likeness (QED) is 0.576. The first-order valence-corrected chi connectivity index (χ1v) is 10.9. The van der Waals surface area contributed by atoms with Crippen LogP contribution in [0.4, 0.5) is 4.79 Å². The highest BCUT2D eigenvalue weighted by Gasteiger charge is 2.52. The van der Waals surface area contributed by atoms with E-state index in [2.05, 4.69) is 5.32 Å². The Hall–Kier alpha value is -2.48. The molecule has 1 heterocycles. The molecule has 0 bridgehead atoms. The fourth-order valence-corrected chi connectivity index (χ4v) is 3.50. The third-order valence-corrected chi connectivity index (χ3v) is 6.06. The van der Waals surface area contributed by atoms with Gasteiger partial charge in [-0.2, -0.15) is 0 Å². The highest BCUT2D eigenvalue weighted by atomic mass is 35.5. The van der Waals surface area contributed by atoms with Crippen molar-refractivity contribution in [2.24, 2.45) is 0 Å². The topological polar surface area (TPSA) is 77.0 Å². The number of ether oxygens (including phenoxy) is 1. The molecule has 2 aromatic rings. The first-order valence-electron chi connectivity index (χ1n) is 10.5. The second-order valence-corrected chi connectivity index (χ2v) is 9.32. The van der Waals surface area contributed by atoms with Gasteiger partial charge in [-0.1, -0.05) is 48.0 Å². The molecule has 1 fully saturated rings. The number of aryl methyl sites for hydroxylation is 1. The van der Waals surface area contributed by atoms with E-state index in [-0.39, 0.29) is 18.9 Å². The lowest BCUT2D eigenvalue weighted by atomic mass is 9.77. The summed E-state index contributed by atoms with van der Waals surface area (Å²) in [6.07, 6.45) is 1.16.